The first-order valence-corrected chi connectivity index (χ1v) is 10.7. The molecule has 5 rings (SSSR count). The SMILES string of the molecule is O=C1CC=C(c2cc(CO)ccc2Cl)C=C1c1nc2ccc(N3CCOCC3)cc2[nH]1. The highest BCUT2D eigenvalue weighted by Gasteiger charge is 2.21. The van der Waals surface area contributed by atoms with Gasteiger partial charge in [-0.05, 0) is 47.5 Å². The average Bonchev–Trinajstić information content (AvgIpc) is 3.23. The van der Waals surface area contributed by atoms with Gasteiger partial charge < -0.3 is 19.7 Å². The van der Waals surface area contributed by atoms with E-state index in [0.29, 0.717) is 16.4 Å². The molecule has 0 atom stereocenters. The molecule has 1 aliphatic carbocycles. The Labute approximate surface area is 184 Å². The van der Waals surface area contributed by atoms with Crippen LogP contribution in [0.5, 0.6) is 0 Å². The Hall–Kier alpha value is -2.93. The number of fused-ring (bicyclic) bond motifs is 1. The molecule has 7 heteroatoms. The van der Waals surface area contributed by atoms with Crippen LogP contribution in [0, 0.1) is 0 Å². The number of anilines is 1. The van der Waals surface area contributed by atoms with Crippen LogP contribution in [-0.4, -0.2) is 47.2 Å². The van der Waals surface area contributed by atoms with Gasteiger partial charge in [-0.25, -0.2) is 4.98 Å². The Balaban J connectivity index is 1.51. The van der Waals surface area contributed by atoms with Gasteiger partial charge in [0.05, 0.1) is 36.4 Å². The molecule has 2 heterocycles. The molecule has 0 bridgehead atoms. The Bertz CT molecular complexity index is 1220. The van der Waals surface area contributed by atoms with E-state index >= 15 is 0 Å². The number of Topliss-reactive ketones (excluding diaryl/α,β-unsaturated/α-hetero) is 1. The average molecular weight is 436 g/mol. The van der Waals surface area contributed by atoms with Gasteiger partial charge in [0, 0.05) is 35.8 Å². The first-order chi connectivity index (χ1) is 15.1. The molecule has 0 saturated carbocycles. The van der Waals surface area contributed by atoms with E-state index in [-0.39, 0.29) is 18.8 Å². The quantitative estimate of drug-likeness (QED) is 0.648. The molecule has 0 radical (unpaired) electrons. The molecule has 0 unspecified atom stereocenters. The van der Waals surface area contributed by atoms with E-state index in [1.54, 1.807) is 12.1 Å². The summed E-state index contributed by atoms with van der Waals surface area (Å²) in [6.45, 7) is 3.10. The summed E-state index contributed by atoms with van der Waals surface area (Å²) in [5, 5.41) is 10.0. The second kappa shape index (κ2) is 8.30. The Morgan fingerprint density at radius 2 is 2.00 bits per heavy atom. The summed E-state index contributed by atoms with van der Waals surface area (Å²) in [7, 11) is 0. The monoisotopic (exact) mass is 435 g/mol. The molecule has 2 N–H and O–H groups in total. The van der Waals surface area contributed by atoms with Crippen LogP contribution in [0.25, 0.3) is 22.2 Å². The van der Waals surface area contributed by atoms with E-state index in [0.717, 1.165) is 59.7 Å². The summed E-state index contributed by atoms with van der Waals surface area (Å²) in [6, 6.07) is 11.5. The predicted octanol–water partition coefficient (Wildman–Crippen LogP) is 3.99. The maximum absolute atomic E-state index is 12.7. The molecule has 2 aliphatic rings. The molecular weight excluding hydrogens is 414 g/mol. The van der Waals surface area contributed by atoms with E-state index in [1.165, 1.54) is 0 Å². The maximum atomic E-state index is 12.7. The van der Waals surface area contributed by atoms with Crippen molar-refractivity contribution in [3.05, 3.63) is 70.5 Å². The van der Waals surface area contributed by atoms with Crippen molar-refractivity contribution in [2.24, 2.45) is 0 Å². The van der Waals surface area contributed by atoms with Crippen molar-refractivity contribution in [1.29, 1.82) is 0 Å². The fourth-order valence-electron chi connectivity index (χ4n) is 4.03. The van der Waals surface area contributed by atoms with Gasteiger partial charge in [0.1, 0.15) is 5.82 Å². The number of H-pyrrole nitrogens is 1. The molecule has 158 valence electrons. The highest BCUT2D eigenvalue weighted by Crippen LogP contribution is 2.33. The second-order valence-electron chi connectivity index (χ2n) is 7.70. The van der Waals surface area contributed by atoms with Gasteiger partial charge in [0.15, 0.2) is 5.78 Å². The number of carbonyl (C=O) groups excluding carboxylic acids is 1. The number of nitrogens with zero attached hydrogens (tertiary/aromatic N) is 2. The first-order valence-electron chi connectivity index (χ1n) is 10.3. The summed E-state index contributed by atoms with van der Waals surface area (Å²) < 4.78 is 5.44. The number of ether oxygens (including phenoxy) is 1. The lowest BCUT2D eigenvalue weighted by atomic mass is 9.92. The number of nitrogens with one attached hydrogen (secondary N) is 1. The number of aliphatic hydroxyl groups is 1. The van der Waals surface area contributed by atoms with Gasteiger partial charge >= 0.3 is 0 Å². The van der Waals surface area contributed by atoms with Crippen molar-refractivity contribution in [3.8, 4) is 0 Å². The van der Waals surface area contributed by atoms with Crippen LogP contribution in [0.3, 0.4) is 0 Å². The summed E-state index contributed by atoms with van der Waals surface area (Å²) in [4.78, 5) is 23.0. The number of rotatable bonds is 4. The van der Waals surface area contributed by atoms with Crippen molar-refractivity contribution in [1.82, 2.24) is 9.97 Å². The molecule has 3 aromatic rings. The van der Waals surface area contributed by atoms with Crippen LogP contribution in [0.4, 0.5) is 5.69 Å². The molecule has 1 fully saturated rings. The molecule has 0 spiro atoms. The van der Waals surface area contributed by atoms with E-state index in [9.17, 15) is 9.90 Å². The number of allylic oxidation sites excluding steroid dienone is 4. The highest BCUT2D eigenvalue weighted by atomic mass is 35.5. The third-order valence-corrected chi connectivity index (χ3v) is 6.06. The third kappa shape index (κ3) is 3.90. The predicted molar refractivity (Wildman–Crippen MR) is 122 cm³/mol. The van der Waals surface area contributed by atoms with Crippen molar-refractivity contribution < 1.29 is 14.6 Å². The van der Waals surface area contributed by atoms with Crippen molar-refractivity contribution >= 4 is 45.3 Å². The fraction of sp³-hybridized carbons (Fsp3) is 0.250. The van der Waals surface area contributed by atoms with Crippen LogP contribution in [-0.2, 0) is 16.1 Å². The van der Waals surface area contributed by atoms with Crippen LogP contribution < -0.4 is 4.90 Å². The second-order valence-corrected chi connectivity index (χ2v) is 8.11. The van der Waals surface area contributed by atoms with Crippen LogP contribution in [0.2, 0.25) is 5.02 Å². The van der Waals surface area contributed by atoms with E-state index in [2.05, 4.69) is 27.0 Å². The Morgan fingerprint density at radius 1 is 1.16 bits per heavy atom. The number of aromatic nitrogens is 2. The molecule has 2 aromatic carbocycles. The minimum Gasteiger partial charge on any atom is -0.392 e. The molecule has 6 nitrogen and oxygen atoms in total. The summed E-state index contributed by atoms with van der Waals surface area (Å²) in [6.07, 6.45) is 3.97. The Morgan fingerprint density at radius 3 is 2.81 bits per heavy atom. The number of aromatic amines is 1. The number of aliphatic hydroxyl groups excluding tert-OH is 1. The van der Waals surface area contributed by atoms with Gasteiger partial charge in [-0.2, -0.15) is 0 Å². The van der Waals surface area contributed by atoms with Gasteiger partial charge in [0.25, 0.3) is 0 Å². The van der Waals surface area contributed by atoms with Crippen LogP contribution in [0.15, 0.2) is 48.6 Å². The van der Waals surface area contributed by atoms with Crippen molar-refractivity contribution in [2.75, 3.05) is 31.2 Å². The van der Waals surface area contributed by atoms with Gasteiger partial charge in [-0.15, -0.1) is 0 Å². The smallest absolute Gasteiger partial charge is 0.170 e. The third-order valence-electron chi connectivity index (χ3n) is 5.73. The summed E-state index contributed by atoms with van der Waals surface area (Å²) in [5.41, 5.74) is 5.77. The fourth-order valence-corrected chi connectivity index (χ4v) is 4.26. The van der Waals surface area contributed by atoms with Crippen LogP contribution in [0.1, 0.15) is 23.4 Å². The zero-order valence-corrected chi connectivity index (χ0v) is 17.7. The molecular formula is C24H22ClN3O3. The highest BCUT2D eigenvalue weighted by molar-refractivity contribution is 6.33. The van der Waals surface area contributed by atoms with Gasteiger partial charge in [-0.3, -0.25) is 4.79 Å². The number of hydrogen-bond acceptors (Lipinski definition) is 5. The normalized spacial score (nSPS) is 17.1. The largest absolute Gasteiger partial charge is 0.392 e. The molecule has 0 amide bonds. The number of benzene rings is 2. The van der Waals surface area contributed by atoms with E-state index in [4.69, 9.17) is 16.3 Å². The number of halogens is 1. The number of morpholine rings is 1. The number of carbonyl (C=O) groups is 1. The molecule has 1 saturated heterocycles. The number of hydrogen-bond donors (Lipinski definition) is 2. The lowest BCUT2D eigenvalue weighted by Crippen LogP contribution is -2.36. The standard InChI is InChI=1S/C24H22ClN3O3/c25-20-4-1-15(14-29)11-18(20)16-2-6-23(30)19(12-16)24-26-21-5-3-17(13-22(21)27-24)28-7-9-31-10-8-28/h1-5,11-13,29H,6-10,14H2,(H,26,27). The van der Waals surface area contributed by atoms with Crippen molar-refractivity contribution in [2.45, 2.75) is 13.0 Å². The van der Waals surface area contributed by atoms with Crippen molar-refractivity contribution in [3.63, 3.8) is 0 Å². The number of ketones is 1. The molecule has 1 aliphatic heterocycles. The molecule has 1 aromatic heterocycles. The Kier molecular flexibility index (Phi) is 5.36. The zero-order valence-electron chi connectivity index (χ0n) is 16.9. The number of imidazole rings is 1. The minimum atomic E-state index is -0.0675. The first kappa shape index (κ1) is 20.0. The molecule has 31 heavy (non-hydrogen) atoms. The van der Waals surface area contributed by atoms with Gasteiger partial charge in [0.2, 0.25) is 0 Å². The lowest BCUT2D eigenvalue weighted by Gasteiger charge is -2.28. The van der Waals surface area contributed by atoms with E-state index in [1.807, 2.05) is 24.3 Å². The minimum absolute atomic E-state index is 0.00523. The summed E-state index contributed by atoms with van der Waals surface area (Å²) >= 11 is 6.40. The van der Waals surface area contributed by atoms with Gasteiger partial charge in [-0.1, -0.05) is 23.7 Å². The zero-order chi connectivity index (χ0) is 21.4. The lowest BCUT2D eigenvalue weighted by molar-refractivity contribution is -0.113. The maximum Gasteiger partial charge on any atom is 0.170 e. The summed E-state index contributed by atoms with van der Waals surface area (Å²) in [5.74, 6) is 0.560. The van der Waals surface area contributed by atoms with E-state index < -0.39 is 0 Å². The van der Waals surface area contributed by atoms with Crippen LogP contribution >= 0.6 is 11.6 Å². The topological polar surface area (TPSA) is 78.4 Å².